The topological polar surface area (TPSA) is 81.2 Å². The predicted molar refractivity (Wildman–Crippen MR) is 80.2 cm³/mol. The van der Waals surface area contributed by atoms with E-state index in [1.54, 1.807) is 20.0 Å². The van der Waals surface area contributed by atoms with Gasteiger partial charge in [0, 0.05) is 31.2 Å². The summed E-state index contributed by atoms with van der Waals surface area (Å²) in [6.07, 6.45) is 1.41. The van der Waals surface area contributed by atoms with Crippen LogP contribution in [0.25, 0.3) is 0 Å². The Balaban J connectivity index is 2.32. The van der Waals surface area contributed by atoms with Crippen LogP contribution in [0, 0.1) is 0 Å². The Morgan fingerprint density at radius 2 is 2.20 bits per heavy atom. The molecule has 20 heavy (non-hydrogen) atoms. The molecule has 0 bridgehead atoms. The summed E-state index contributed by atoms with van der Waals surface area (Å²) < 4.78 is 28.5. The van der Waals surface area contributed by atoms with E-state index in [1.807, 2.05) is 6.07 Å². The Morgan fingerprint density at radius 1 is 1.50 bits per heavy atom. The maximum atomic E-state index is 12.6. The first-order valence-electron chi connectivity index (χ1n) is 5.88. The molecule has 6 nitrogen and oxygen atoms in total. The highest BCUT2D eigenvalue weighted by Crippen LogP contribution is 2.26. The number of nitrogens with zero attached hydrogens (tertiary/aromatic N) is 3. The molecule has 0 aromatic carbocycles. The van der Waals surface area contributed by atoms with Gasteiger partial charge >= 0.3 is 0 Å². The SMILES string of the molecule is CCN(Cc1ccc(Cl)s1)S(=O)(=O)c1cn(C)nc1N. The second-order valence-electron chi connectivity index (χ2n) is 4.19. The number of halogens is 1. The van der Waals surface area contributed by atoms with E-state index in [0.717, 1.165) is 4.88 Å². The van der Waals surface area contributed by atoms with Crippen LogP contribution in [0.15, 0.2) is 23.2 Å². The van der Waals surface area contributed by atoms with E-state index in [2.05, 4.69) is 5.10 Å². The predicted octanol–water partition coefficient (Wildman–Crippen LogP) is 1.93. The molecule has 0 aliphatic rings. The maximum absolute atomic E-state index is 12.6. The van der Waals surface area contributed by atoms with Crippen LogP contribution >= 0.6 is 22.9 Å². The zero-order valence-corrected chi connectivity index (χ0v) is 13.5. The molecule has 0 radical (unpaired) electrons. The number of aromatic nitrogens is 2. The molecule has 0 amide bonds. The lowest BCUT2D eigenvalue weighted by molar-refractivity contribution is 0.426. The summed E-state index contributed by atoms with van der Waals surface area (Å²) in [5.41, 5.74) is 5.66. The van der Waals surface area contributed by atoms with Crippen LogP contribution < -0.4 is 5.73 Å². The molecule has 9 heteroatoms. The summed E-state index contributed by atoms with van der Waals surface area (Å²) in [4.78, 5) is 0.910. The van der Waals surface area contributed by atoms with Gasteiger partial charge in [0.15, 0.2) is 5.82 Å². The van der Waals surface area contributed by atoms with Gasteiger partial charge in [-0.2, -0.15) is 9.40 Å². The monoisotopic (exact) mass is 334 g/mol. The van der Waals surface area contributed by atoms with Crippen molar-refractivity contribution < 1.29 is 8.42 Å². The summed E-state index contributed by atoms with van der Waals surface area (Å²) in [6, 6.07) is 3.57. The van der Waals surface area contributed by atoms with Crippen LogP contribution in [0.1, 0.15) is 11.8 Å². The van der Waals surface area contributed by atoms with E-state index in [4.69, 9.17) is 17.3 Å². The Bertz CT molecular complexity index is 708. The Morgan fingerprint density at radius 3 is 2.65 bits per heavy atom. The molecule has 2 aromatic heterocycles. The van der Waals surface area contributed by atoms with Gasteiger partial charge in [0.25, 0.3) is 0 Å². The first kappa shape index (κ1) is 15.3. The highest BCUT2D eigenvalue weighted by molar-refractivity contribution is 7.89. The Hall–Kier alpha value is -1.09. The fourth-order valence-electron chi connectivity index (χ4n) is 1.80. The zero-order chi connectivity index (χ0) is 14.9. The molecule has 0 saturated heterocycles. The van der Waals surface area contributed by atoms with Gasteiger partial charge in [-0.25, -0.2) is 8.42 Å². The van der Waals surface area contributed by atoms with Gasteiger partial charge in [-0.05, 0) is 12.1 Å². The second kappa shape index (κ2) is 5.72. The van der Waals surface area contributed by atoms with Crippen LogP contribution in [-0.2, 0) is 23.6 Å². The second-order valence-corrected chi connectivity index (χ2v) is 7.90. The largest absolute Gasteiger partial charge is 0.381 e. The van der Waals surface area contributed by atoms with Gasteiger partial charge in [0.05, 0.1) is 4.34 Å². The van der Waals surface area contributed by atoms with Gasteiger partial charge in [-0.15, -0.1) is 11.3 Å². The number of rotatable bonds is 5. The minimum Gasteiger partial charge on any atom is -0.381 e. The van der Waals surface area contributed by atoms with Gasteiger partial charge in [0.1, 0.15) is 4.90 Å². The highest BCUT2D eigenvalue weighted by Gasteiger charge is 2.27. The molecule has 0 saturated carbocycles. The fourth-order valence-corrected chi connectivity index (χ4v) is 4.50. The number of sulfonamides is 1. The summed E-state index contributed by atoms with van der Waals surface area (Å²) in [6.45, 7) is 2.38. The number of nitrogen functional groups attached to an aromatic ring is 1. The van der Waals surface area contributed by atoms with Crippen LogP contribution in [0.4, 0.5) is 5.82 Å². The average molecular weight is 335 g/mol. The lowest BCUT2D eigenvalue weighted by Crippen LogP contribution is -2.30. The molecule has 2 aromatic rings. The molecule has 0 aliphatic carbocycles. The Labute approximate surface area is 126 Å². The average Bonchev–Trinajstić information content (AvgIpc) is 2.92. The standard InChI is InChI=1S/C11H15ClN4O2S2/c1-3-16(6-8-4-5-10(12)19-8)20(17,18)9-7-15(2)14-11(9)13/h4-5,7H,3,6H2,1-2H3,(H2,13,14). The first-order chi connectivity index (χ1) is 9.34. The van der Waals surface area contributed by atoms with E-state index >= 15 is 0 Å². The smallest absolute Gasteiger partial charge is 0.248 e. The van der Waals surface area contributed by atoms with Gasteiger partial charge in [-0.3, -0.25) is 4.68 Å². The van der Waals surface area contributed by atoms with E-state index in [0.29, 0.717) is 10.9 Å². The van der Waals surface area contributed by atoms with Crippen molar-refractivity contribution in [3.63, 3.8) is 0 Å². The van der Waals surface area contributed by atoms with Crippen LogP contribution in [0.2, 0.25) is 4.34 Å². The number of hydrogen-bond acceptors (Lipinski definition) is 5. The molecule has 0 spiro atoms. The molecule has 2 N–H and O–H groups in total. The highest BCUT2D eigenvalue weighted by atomic mass is 35.5. The molecular weight excluding hydrogens is 320 g/mol. The number of anilines is 1. The van der Waals surface area contributed by atoms with Crippen LogP contribution in [0.5, 0.6) is 0 Å². The van der Waals surface area contributed by atoms with Crippen molar-refractivity contribution in [2.45, 2.75) is 18.4 Å². The molecule has 0 aliphatic heterocycles. The molecule has 110 valence electrons. The quantitative estimate of drug-likeness (QED) is 0.905. The van der Waals surface area contributed by atoms with Crippen LogP contribution in [0.3, 0.4) is 0 Å². The van der Waals surface area contributed by atoms with Crippen LogP contribution in [-0.4, -0.2) is 29.0 Å². The van der Waals surface area contributed by atoms with Crippen molar-refractivity contribution in [1.82, 2.24) is 14.1 Å². The van der Waals surface area contributed by atoms with Crippen molar-refractivity contribution in [3.05, 3.63) is 27.5 Å². The molecule has 0 unspecified atom stereocenters. The summed E-state index contributed by atoms with van der Waals surface area (Å²) in [5.74, 6) is 0.00941. The van der Waals surface area contributed by atoms with Crippen molar-refractivity contribution in [2.75, 3.05) is 12.3 Å². The van der Waals surface area contributed by atoms with Crippen molar-refractivity contribution in [3.8, 4) is 0 Å². The minimum absolute atomic E-state index is 0.00941. The number of thiophene rings is 1. The van der Waals surface area contributed by atoms with Gasteiger partial charge < -0.3 is 5.73 Å². The third kappa shape index (κ3) is 2.98. The maximum Gasteiger partial charge on any atom is 0.248 e. The molecule has 0 fully saturated rings. The third-order valence-electron chi connectivity index (χ3n) is 2.75. The van der Waals surface area contributed by atoms with Gasteiger partial charge in [-0.1, -0.05) is 18.5 Å². The lowest BCUT2D eigenvalue weighted by atomic mass is 10.4. The van der Waals surface area contributed by atoms with Crippen molar-refractivity contribution >= 4 is 38.8 Å². The molecule has 2 heterocycles. The van der Waals surface area contributed by atoms with Gasteiger partial charge in [0.2, 0.25) is 10.0 Å². The summed E-state index contributed by atoms with van der Waals surface area (Å²) in [5, 5.41) is 3.88. The van der Waals surface area contributed by atoms with Crippen molar-refractivity contribution in [1.29, 1.82) is 0 Å². The summed E-state index contributed by atoms with van der Waals surface area (Å²) in [7, 11) is -2.03. The first-order valence-corrected chi connectivity index (χ1v) is 8.51. The van der Waals surface area contributed by atoms with E-state index in [1.165, 1.54) is 26.5 Å². The normalized spacial score (nSPS) is 12.2. The fraction of sp³-hybridized carbons (Fsp3) is 0.364. The minimum atomic E-state index is -3.66. The lowest BCUT2D eigenvalue weighted by Gasteiger charge is -2.19. The van der Waals surface area contributed by atoms with E-state index in [9.17, 15) is 8.42 Å². The van der Waals surface area contributed by atoms with Crippen molar-refractivity contribution in [2.24, 2.45) is 7.05 Å². The third-order valence-corrected chi connectivity index (χ3v) is 5.91. The summed E-state index contributed by atoms with van der Waals surface area (Å²) >= 11 is 7.22. The van der Waals surface area contributed by atoms with E-state index in [-0.39, 0.29) is 17.3 Å². The van der Waals surface area contributed by atoms with E-state index < -0.39 is 10.0 Å². The Kier molecular flexibility index (Phi) is 4.38. The molecule has 0 atom stereocenters. The molecule has 2 rings (SSSR count). The number of aryl methyl sites for hydroxylation is 1. The number of nitrogens with two attached hydrogens (primary N) is 1. The number of hydrogen-bond donors (Lipinski definition) is 1. The zero-order valence-electron chi connectivity index (χ0n) is 11.1. The molecular formula is C11H15ClN4O2S2.